The monoisotopic (exact) mass is 303 g/mol. The molecule has 1 aliphatic rings. The number of rotatable bonds is 5. The predicted molar refractivity (Wildman–Crippen MR) is 73.3 cm³/mol. The van der Waals surface area contributed by atoms with Crippen molar-refractivity contribution in [2.24, 2.45) is 0 Å². The molecule has 118 valence electrons. The van der Waals surface area contributed by atoms with Gasteiger partial charge in [0.2, 0.25) is 5.95 Å². The van der Waals surface area contributed by atoms with Crippen molar-refractivity contribution in [3.63, 3.8) is 0 Å². The zero-order valence-corrected chi connectivity index (χ0v) is 12.1. The number of nitrogens with zero attached hydrogens (tertiary/aromatic N) is 3. The van der Waals surface area contributed by atoms with E-state index in [1.165, 1.54) is 12.3 Å². The van der Waals surface area contributed by atoms with E-state index < -0.39 is 12.6 Å². The van der Waals surface area contributed by atoms with E-state index in [2.05, 4.69) is 9.97 Å². The van der Waals surface area contributed by atoms with Gasteiger partial charge >= 0.3 is 6.18 Å². The van der Waals surface area contributed by atoms with Gasteiger partial charge in [-0.1, -0.05) is 0 Å². The van der Waals surface area contributed by atoms with E-state index in [1.54, 1.807) is 0 Å². The SMILES string of the molecule is CN(C[C@@H]1CCCCO1)c1nccc(CCC(F)(F)F)n1. The molecule has 21 heavy (non-hydrogen) atoms. The molecule has 0 aromatic carbocycles. The van der Waals surface area contributed by atoms with Crippen LogP contribution in [0.1, 0.15) is 31.4 Å². The predicted octanol–water partition coefficient (Wildman–Crippen LogP) is 2.98. The molecule has 1 aromatic rings. The molecule has 1 fully saturated rings. The highest BCUT2D eigenvalue weighted by Crippen LogP contribution is 2.22. The molecule has 0 N–H and O–H groups in total. The van der Waals surface area contributed by atoms with Crippen molar-refractivity contribution in [1.82, 2.24) is 9.97 Å². The summed E-state index contributed by atoms with van der Waals surface area (Å²) in [5.41, 5.74) is 0.411. The summed E-state index contributed by atoms with van der Waals surface area (Å²) in [6, 6.07) is 1.53. The Hall–Kier alpha value is -1.37. The van der Waals surface area contributed by atoms with Crippen molar-refractivity contribution in [1.29, 1.82) is 0 Å². The average Bonchev–Trinajstić information content (AvgIpc) is 2.46. The van der Waals surface area contributed by atoms with Crippen molar-refractivity contribution >= 4 is 5.95 Å². The van der Waals surface area contributed by atoms with Crippen LogP contribution < -0.4 is 4.90 Å². The molecular formula is C14H20F3N3O. The van der Waals surface area contributed by atoms with Crippen molar-refractivity contribution in [2.75, 3.05) is 25.1 Å². The number of alkyl halides is 3. The zero-order chi connectivity index (χ0) is 15.3. The third kappa shape index (κ3) is 5.49. The lowest BCUT2D eigenvalue weighted by Gasteiger charge is -2.27. The molecule has 2 heterocycles. The molecule has 0 amide bonds. The number of aromatic nitrogens is 2. The molecule has 7 heteroatoms. The minimum Gasteiger partial charge on any atom is -0.376 e. The van der Waals surface area contributed by atoms with E-state index in [4.69, 9.17) is 4.74 Å². The Morgan fingerprint density at radius 1 is 1.38 bits per heavy atom. The largest absolute Gasteiger partial charge is 0.389 e. The van der Waals surface area contributed by atoms with Crippen LogP contribution in [0.5, 0.6) is 0 Å². The summed E-state index contributed by atoms with van der Waals surface area (Å²) in [6.45, 7) is 1.42. The molecule has 0 aliphatic carbocycles. The molecule has 1 aliphatic heterocycles. The normalized spacial score (nSPS) is 19.5. The molecule has 0 spiro atoms. The van der Waals surface area contributed by atoms with E-state index in [0.717, 1.165) is 25.9 Å². The smallest absolute Gasteiger partial charge is 0.376 e. The molecule has 2 rings (SSSR count). The van der Waals surface area contributed by atoms with Gasteiger partial charge in [-0.2, -0.15) is 13.2 Å². The van der Waals surface area contributed by atoms with Crippen molar-refractivity contribution in [3.8, 4) is 0 Å². The molecule has 0 radical (unpaired) electrons. The Kier molecular flexibility index (Phi) is 5.39. The number of likely N-dealkylation sites (N-methyl/N-ethyl adjacent to an activating group) is 1. The van der Waals surface area contributed by atoms with E-state index in [1.807, 2.05) is 11.9 Å². The highest BCUT2D eigenvalue weighted by molar-refractivity contribution is 5.29. The van der Waals surface area contributed by atoms with E-state index in [-0.39, 0.29) is 12.5 Å². The lowest BCUT2D eigenvalue weighted by molar-refractivity contribution is -0.134. The molecule has 1 aromatic heterocycles. The zero-order valence-electron chi connectivity index (χ0n) is 12.1. The van der Waals surface area contributed by atoms with Gasteiger partial charge in [-0.15, -0.1) is 0 Å². The lowest BCUT2D eigenvalue weighted by Crippen LogP contribution is -2.34. The third-order valence-electron chi connectivity index (χ3n) is 3.46. The summed E-state index contributed by atoms with van der Waals surface area (Å²) in [4.78, 5) is 10.2. The van der Waals surface area contributed by atoms with Crippen molar-refractivity contribution in [2.45, 2.75) is 44.4 Å². The summed E-state index contributed by atoms with van der Waals surface area (Å²) in [6.07, 6.45) is -0.261. The fourth-order valence-electron chi connectivity index (χ4n) is 2.32. The first-order valence-electron chi connectivity index (χ1n) is 7.15. The van der Waals surface area contributed by atoms with Gasteiger partial charge in [0, 0.05) is 38.5 Å². The maximum absolute atomic E-state index is 12.2. The Bertz CT molecular complexity index is 447. The van der Waals surface area contributed by atoms with Gasteiger partial charge in [0.1, 0.15) is 0 Å². The summed E-state index contributed by atoms with van der Waals surface area (Å²) in [5.74, 6) is 0.448. The van der Waals surface area contributed by atoms with Crippen LogP contribution in [0.3, 0.4) is 0 Å². The first-order valence-corrected chi connectivity index (χ1v) is 7.15. The van der Waals surface area contributed by atoms with E-state index in [9.17, 15) is 13.2 Å². The van der Waals surface area contributed by atoms with Gasteiger partial charge in [0.05, 0.1) is 6.10 Å². The summed E-state index contributed by atoms with van der Waals surface area (Å²) >= 11 is 0. The lowest BCUT2D eigenvalue weighted by atomic mass is 10.1. The van der Waals surface area contributed by atoms with Crippen LogP contribution in [0, 0.1) is 0 Å². The summed E-state index contributed by atoms with van der Waals surface area (Å²) in [7, 11) is 1.83. The first kappa shape index (κ1) is 16.0. The van der Waals surface area contributed by atoms with Crippen LogP contribution in [-0.2, 0) is 11.2 Å². The molecule has 1 atom stereocenters. The van der Waals surface area contributed by atoms with Gasteiger partial charge in [0.25, 0.3) is 0 Å². The molecule has 0 bridgehead atoms. The number of aryl methyl sites for hydroxylation is 1. The van der Waals surface area contributed by atoms with Crippen LogP contribution in [0.4, 0.5) is 19.1 Å². The fourth-order valence-corrected chi connectivity index (χ4v) is 2.32. The van der Waals surface area contributed by atoms with Crippen molar-refractivity contribution in [3.05, 3.63) is 18.0 Å². The van der Waals surface area contributed by atoms with Gasteiger partial charge in [-0.3, -0.25) is 0 Å². The van der Waals surface area contributed by atoms with Gasteiger partial charge in [-0.25, -0.2) is 9.97 Å². The Balaban J connectivity index is 1.92. The van der Waals surface area contributed by atoms with Crippen LogP contribution in [-0.4, -0.2) is 42.4 Å². The standard InChI is InChI=1S/C14H20F3N3O/c1-20(10-12-4-2-3-9-21-12)13-18-8-6-11(19-13)5-7-14(15,16)17/h6,8,12H,2-5,7,9-10H2,1H3/t12-/m0/s1. The maximum Gasteiger partial charge on any atom is 0.389 e. The summed E-state index contributed by atoms with van der Waals surface area (Å²) in [5, 5.41) is 0. The second-order valence-electron chi connectivity index (χ2n) is 5.33. The molecule has 4 nitrogen and oxygen atoms in total. The van der Waals surface area contributed by atoms with Crippen LogP contribution in [0.25, 0.3) is 0 Å². The third-order valence-corrected chi connectivity index (χ3v) is 3.46. The maximum atomic E-state index is 12.2. The highest BCUT2D eigenvalue weighted by atomic mass is 19.4. The van der Waals surface area contributed by atoms with E-state index in [0.29, 0.717) is 18.2 Å². The topological polar surface area (TPSA) is 38.2 Å². The molecule has 1 saturated heterocycles. The number of anilines is 1. The second kappa shape index (κ2) is 7.06. The number of hydrogen-bond acceptors (Lipinski definition) is 4. The molecule has 0 saturated carbocycles. The van der Waals surface area contributed by atoms with Gasteiger partial charge < -0.3 is 9.64 Å². The quantitative estimate of drug-likeness (QED) is 0.838. The molecule has 0 unspecified atom stereocenters. The first-order chi connectivity index (χ1) is 9.94. The van der Waals surface area contributed by atoms with E-state index >= 15 is 0 Å². The Morgan fingerprint density at radius 3 is 2.86 bits per heavy atom. The Labute approximate surface area is 122 Å². The van der Waals surface area contributed by atoms with Gasteiger partial charge in [0.15, 0.2) is 0 Å². The van der Waals surface area contributed by atoms with Crippen LogP contribution in [0.15, 0.2) is 12.3 Å². The summed E-state index contributed by atoms with van der Waals surface area (Å²) < 4.78 is 42.4. The number of ether oxygens (including phenoxy) is 1. The molecular weight excluding hydrogens is 283 g/mol. The van der Waals surface area contributed by atoms with Crippen LogP contribution in [0.2, 0.25) is 0 Å². The minimum atomic E-state index is -4.16. The highest BCUT2D eigenvalue weighted by Gasteiger charge is 2.27. The minimum absolute atomic E-state index is 0.118. The van der Waals surface area contributed by atoms with Gasteiger partial charge in [-0.05, 0) is 31.7 Å². The van der Waals surface area contributed by atoms with Crippen LogP contribution >= 0.6 is 0 Å². The average molecular weight is 303 g/mol. The number of halogens is 3. The fraction of sp³-hybridized carbons (Fsp3) is 0.714. The second-order valence-corrected chi connectivity index (χ2v) is 5.33. The number of hydrogen-bond donors (Lipinski definition) is 0. The van der Waals surface area contributed by atoms with Crippen molar-refractivity contribution < 1.29 is 17.9 Å². The Morgan fingerprint density at radius 2 is 2.19 bits per heavy atom.